The Balaban J connectivity index is 4.51. The first kappa shape index (κ1) is 28.2. The van der Waals surface area contributed by atoms with Gasteiger partial charge in [0.1, 0.15) is 6.04 Å². The van der Waals surface area contributed by atoms with E-state index in [1.165, 1.54) is 31.0 Å². The number of aliphatic hydroxyl groups excluding tert-OH is 1. The number of rotatable bonds is 18. The minimum Gasteiger partial charge on any atom is -0.481 e. The van der Waals surface area contributed by atoms with E-state index in [2.05, 4.69) is 25.2 Å². The zero-order valence-electron chi connectivity index (χ0n) is 17.9. The quantitative estimate of drug-likeness (QED) is 0.143. The van der Waals surface area contributed by atoms with Gasteiger partial charge in [-0.05, 0) is 32.1 Å². The number of carboxylic acid groups (broad SMARTS) is 2. The number of nitrogens with two attached hydrogens (primary N) is 1. The Labute approximate surface area is 184 Å². The average molecular weight is 440 g/mol. The maximum absolute atomic E-state index is 10.9. The fourth-order valence-electron chi connectivity index (χ4n) is 2.47. The minimum atomic E-state index is -1.09. The van der Waals surface area contributed by atoms with E-state index in [0.29, 0.717) is 12.8 Å². The highest BCUT2D eigenvalue weighted by atomic mass is 32.2. The van der Waals surface area contributed by atoms with E-state index in [4.69, 9.17) is 15.9 Å². The van der Waals surface area contributed by atoms with Crippen LogP contribution in [0.15, 0.2) is 48.6 Å². The molecule has 0 aromatic heterocycles. The smallest absolute Gasteiger partial charge is 0.321 e. The lowest BCUT2D eigenvalue weighted by molar-refractivity contribution is -0.138. The zero-order chi connectivity index (χ0) is 22.6. The summed E-state index contributed by atoms with van der Waals surface area (Å²) in [5.41, 5.74) is 5.54. The molecule has 0 spiro atoms. The van der Waals surface area contributed by atoms with Gasteiger partial charge in [-0.3, -0.25) is 9.59 Å². The molecule has 0 radical (unpaired) electrons. The molecule has 0 amide bonds. The lowest BCUT2D eigenvalue weighted by Crippen LogP contribution is -2.34. The van der Waals surface area contributed by atoms with Gasteiger partial charge in [-0.15, -0.1) is 11.8 Å². The number of carboxylic acids is 2. The molecule has 0 saturated carbocycles. The molecule has 0 aromatic carbocycles. The Morgan fingerprint density at radius 1 is 1.00 bits per heavy atom. The monoisotopic (exact) mass is 439 g/mol. The van der Waals surface area contributed by atoms with Crippen molar-refractivity contribution in [3.8, 4) is 0 Å². The van der Waals surface area contributed by atoms with Crippen LogP contribution in [0.4, 0.5) is 0 Å². The molecule has 0 unspecified atom stereocenters. The van der Waals surface area contributed by atoms with Crippen LogP contribution >= 0.6 is 11.8 Å². The Morgan fingerprint density at radius 2 is 1.73 bits per heavy atom. The first-order valence-corrected chi connectivity index (χ1v) is 11.6. The molecule has 0 fully saturated rings. The average Bonchev–Trinajstić information content (AvgIpc) is 2.70. The first-order chi connectivity index (χ1) is 14.4. The number of aliphatic hydroxyl groups is 1. The van der Waals surface area contributed by atoms with E-state index in [-0.39, 0.29) is 17.4 Å². The van der Waals surface area contributed by atoms with E-state index in [9.17, 15) is 14.7 Å². The highest BCUT2D eigenvalue weighted by molar-refractivity contribution is 8.00. The third kappa shape index (κ3) is 17.1. The summed E-state index contributed by atoms with van der Waals surface area (Å²) < 4.78 is 0. The largest absolute Gasteiger partial charge is 0.481 e. The molecule has 5 N–H and O–H groups in total. The summed E-state index contributed by atoms with van der Waals surface area (Å²) in [5, 5.41) is 27.6. The van der Waals surface area contributed by atoms with Crippen LogP contribution in [0.5, 0.6) is 0 Å². The molecule has 3 atom stereocenters. The van der Waals surface area contributed by atoms with Crippen molar-refractivity contribution in [2.45, 2.75) is 75.7 Å². The molecular formula is C23H37NO5S. The van der Waals surface area contributed by atoms with Crippen molar-refractivity contribution in [1.82, 2.24) is 0 Å². The van der Waals surface area contributed by atoms with Crippen molar-refractivity contribution < 1.29 is 24.9 Å². The summed E-state index contributed by atoms with van der Waals surface area (Å²) in [7, 11) is 0. The molecule has 7 heteroatoms. The van der Waals surface area contributed by atoms with Gasteiger partial charge >= 0.3 is 11.9 Å². The number of allylic oxidation sites excluding steroid dienone is 7. The van der Waals surface area contributed by atoms with Crippen LogP contribution in [-0.4, -0.2) is 50.4 Å². The molecule has 0 heterocycles. The molecule has 30 heavy (non-hydrogen) atoms. The number of unbranched alkanes of at least 4 members (excludes halogenated alkanes) is 3. The van der Waals surface area contributed by atoms with Crippen molar-refractivity contribution >= 4 is 23.7 Å². The standard InChI is InChI=1S/C23H37NO5S/c1-2-3-4-5-6-7-8-9-10-11-12-13-16-21(30-18-19(24)23(28)29)20(25)15-14-17-22(26)27/h6-7,9-13,16,19-21,25H,2-5,8,14-15,17-18,24H2,1H3,(H,26,27)(H,28,29)/b7-6-,10-9-,12-11-,16-13-/t19-,20+,21-/m1/s1. The van der Waals surface area contributed by atoms with Crippen LogP contribution in [0.2, 0.25) is 0 Å². The van der Waals surface area contributed by atoms with E-state index in [1.54, 1.807) is 12.2 Å². The van der Waals surface area contributed by atoms with Gasteiger partial charge in [-0.1, -0.05) is 68.4 Å². The van der Waals surface area contributed by atoms with Crippen LogP contribution in [0, 0.1) is 0 Å². The third-order valence-corrected chi connectivity index (χ3v) is 5.65. The second kappa shape index (κ2) is 19.2. The van der Waals surface area contributed by atoms with Gasteiger partial charge in [0.05, 0.1) is 6.10 Å². The zero-order valence-corrected chi connectivity index (χ0v) is 18.7. The number of carbonyl (C=O) groups is 2. The van der Waals surface area contributed by atoms with E-state index < -0.39 is 24.1 Å². The number of hydrogen-bond donors (Lipinski definition) is 4. The summed E-state index contributed by atoms with van der Waals surface area (Å²) >= 11 is 1.26. The maximum Gasteiger partial charge on any atom is 0.321 e. The summed E-state index contributed by atoms with van der Waals surface area (Å²) in [6.07, 6.45) is 21.3. The van der Waals surface area contributed by atoms with Gasteiger partial charge in [0.2, 0.25) is 0 Å². The van der Waals surface area contributed by atoms with Crippen molar-refractivity contribution in [3.63, 3.8) is 0 Å². The lowest BCUT2D eigenvalue weighted by atomic mass is 10.1. The van der Waals surface area contributed by atoms with Crippen molar-refractivity contribution in [2.75, 3.05) is 5.75 Å². The Kier molecular flexibility index (Phi) is 18.0. The number of hydrogen-bond acceptors (Lipinski definition) is 5. The summed E-state index contributed by atoms with van der Waals surface area (Å²) in [6.45, 7) is 2.19. The van der Waals surface area contributed by atoms with Crippen molar-refractivity contribution in [3.05, 3.63) is 48.6 Å². The van der Waals surface area contributed by atoms with E-state index in [0.717, 1.165) is 12.8 Å². The van der Waals surface area contributed by atoms with E-state index in [1.807, 2.05) is 18.2 Å². The first-order valence-electron chi connectivity index (χ1n) is 10.5. The number of thioether (sulfide) groups is 1. The van der Waals surface area contributed by atoms with Gasteiger partial charge < -0.3 is 21.1 Å². The van der Waals surface area contributed by atoms with Gasteiger partial charge in [-0.2, -0.15) is 0 Å². The molecule has 0 aliphatic heterocycles. The van der Waals surface area contributed by atoms with Crippen LogP contribution in [0.25, 0.3) is 0 Å². The highest BCUT2D eigenvalue weighted by Gasteiger charge is 2.20. The Morgan fingerprint density at radius 3 is 2.40 bits per heavy atom. The summed E-state index contributed by atoms with van der Waals surface area (Å²) in [6, 6.07) is -1.01. The SMILES string of the molecule is CCCCC/C=C\C\C=C/C=C\C=C/[C@@H](SC[C@@H](N)C(=O)O)[C@@H](O)CCCC(=O)O. The van der Waals surface area contributed by atoms with Crippen LogP contribution in [0.1, 0.15) is 58.3 Å². The molecule has 170 valence electrons. The third-order valence-electron chi connectivity index (χ3n) is 4.24. The molecule has 0 bridgehead atoms. The summed E-state index contributed by atoms with van der Waals surface area (Å²) in [4.78, 5) is 21.5. The maximum atomic E-state index is 10.9. The van der Waals surface area contributed by atoms with Crippen LogP contribution in [0.3, 0.4) is 0 Å². The van der Waals surface area contributed by atoms with Crippen molar-refractivity contribution in [2.24, 2.45) is 5.73 Å². The minimum absolute atomic E-state index is 0.00938. The van der Waals surface area contributed by atoms with Crippen LogP contribution in [-0.2, 0) is 9.59 Å². The fraction of sp³-hybridized carbons (Fsp3) is 0.565. The highest BCUT2D eigenvalue weighted by Crippen LogP contribution is 2.21. The Hall–Kier alpha value is -1.83. The van der Waals surface area contributed by atoms with Gasteiger partial charge in [-0.25, -0.2) is 0 Å². The van der Waals surface area contributed by atoms with Gasteiger partial charge in [0, 0.05) is 17.4 Å². The topological polar surface area (TPSA) is 121 Å². The molecule has 6 nitrogen and oxygen atoms in total. The summed E-state index contributed by atoms with van der Waals surface area (Å²) in [5.74, 6) is -1.83. The fourth-order valence-corrected chi connectivity index (χ4v) is 3.60. The Bertz CT molecular complexity index is 586. The van der Waals surface area contributed by atoms with Crippen LogP contribution < -0.4 is 5.73 Å². The second-order valence-electron chi connectivity index (χ2n) is 7.00. The van der Waals surface area contributed by atoms with Gasteiger partial charge in [0.25, 0.3) is 0 Å². The number of aliphatic carboxylic acids is 2. The molecule has 0 aliphatic carbocycles. The van der Waals surface area contributed by atoms with Gasteiger partial charge in [0.15, 0.2) is 0 Å². The predicted octanol–water partition coefficient (Wildman–Crippen LogP) is 4.31. The molecular weight excluding hydrogens is 402 g/mol. The lowest BCUT2D eigenvalue weighted by Gasteiger charge is -2.20. The second-order valence-corrected chi connectivity index (χ2v) is 8.21. The molecule has 0 saturated heterocycles. The van der Waals surface area contributed by atoms with E-state index >= 15 is 0 Å². The van der Waals surface area contributed by atoms with Crippen molar-refractivity contribution in [1.29, 1.82) is 0 Å². The normalized spacial score (nSPS) is 15.4. The molecule has 0 rings (SSSR count). The predicted molar refractivity (Wildman–Crippen MR) is 125 cm³/mol. The molecule has 0 aliphatic rings. The molecule has 0 aromatic rings.